The van der Waals surface area contributed by atoms with Gasteiger partial charge in [-0.25, -0.2) is 8.78 Å². The largest absolute Gasteiger partial charge is 0.338 e. The summed E-state index contributed by atoms with van der Waals surface area (Å²) in [6, 6.07) is 8.71. The van der Waals surface area contributed by atoms with E-state index < -0.39 is 52.8 Å². The number of hydrogen-bond acceptors (Lipinski definition) is 2. The molecule has 0 bridgehead atoms. The second kappa shape index (κ2) is 8.72. The fourth-order valence-electron chi connectivity index (χ4n) is 4.02. The molecule has 4 rings (SSSR count). The molecule has 0 saturated heterocycles. The van der Waals surface area contributed by atoms with E-state index in [4.69, 9.17) is 58.0 Å². The molecule has 11 heteroatoms. The topological polar surface area (TPSA) is 49.4 Å². The number of halogens is 7. The van der Waals surface area contributed by atoms with Crippen molar-refractivity contribution in [2.24, 2.45) is 5.92 Å². The van der Waals surface area contributed by atoms with Gasteiger partial charge in [0.05, 0.1) is 26.5 Å². The summed E-state index contributed by atoms with van der Waals surface area (Å²) in [4.78, 5) is 27.0. The fourth-order valence-corrected chi connectivity index (χ4v) is 5.35. The molecule has 0 unspecified atom stereocenters. The van der Waals surface area contributed by atoms with E-state index in [1.54, 1.807) is 18.2 Å². The van der Waals surface area contributed by atoms with Crippen molar-refractivity contribution in [2.75, 3.05) is 12.4 Å². The van der Waals surface area contributed by atoms with Gasteiger partial charge in [0.15, 0.2) is 0 Å². The van der Waals surface area contributed by atoms with Crippen LogP contribution >= 0.6 is 58.0 Å². The van der Waals surface area contributed by atoms with Crippen molar-refractivity contribution in [3.63, 3.8) is 0 Å². The molecule has 2 aliphatic rings. The maximum Gasteiger partial charge on any atom is 0.255 e. The molecule has 0 aliphatic heterocycles. The summed E-state index contributed by atoms with van der Waals surface area (Å²) in [6.45, 7) is 0. The van der Waals surface area contributed by atoms with Gasteiger partial charge in [-0.05, 0) is 35.9 Å². The third-order valence-electron chi connectivity index (χ3n) is 6.04. The van der Waals surface area contributed by atoms with Crippen LogP contribution in [-0.4, -0.2) is 40.1 Å². The number of nitrogens with one attached hydrogen (secondary N) is 1. The van der Waals surface area contributed by atoms with Crippen molar-refractivity contribution < 1.29 is 18.4 Å². The number of alkyl halides is 4. The molecule has 0 radical (unpaired) electrons. The van der Waals surface area contributed by atoms with Crippen LogP contribution < -0.4 is 5.32 Å². The standard InChI is InChI=1S/C22H17Cl5F2N2O2/c1-31(12-8-21(28,29)9-12)20(33)13-7-11(3-5-14(13)23)30-19(32)18-17(22(18,26)27)10-2-4-15(24)16(25)6-10/h2-7,12,17-18H,8-9H2,1H3,(H,30,32)/t17-,18+/m1/s1. The molecule has 2 fully saturated rings. The summed E-state index contributed by atoms with van der Waals surface area (Å²) in [6.07, 6.45) is -0.789. The van der Waals surface area contributed by atoms with Crippen LogP contribution in [-0.2, 0) is 4.79 Å². The predicted octanol–water partition coefficient (Wildman–Crippen LogP) is 7.04. The lowest BCUT2D eigenvalue weighted by molar-refractivity contribution is -0.117. The first-order valence-electron chi connectivity index (χ1n) is 9.90. The predicted molar refractivity (Wildman–Crippen MR) is 127 cm³/mol. The zero-order valence-corrected chi connectivity index (χ0v) is 20.8. The Bertz CT molecular complexity index is 1140. The molecule has 0 spiro atoms. The summed E-state index contributed by atoms with van der Waals surface area (Å²) in [5.74, 6) is -5.00. The zero-order chi connectivity index (χ0) is 24.3. The summed E-state index contributed by atoms with van der Waals surface area (Å²) < 4.78 is 25.0. The molecule has 0 aromatic heterocycles. The highest BCUT2D eigenvalue weighted by atomic mass is 35.5. The van der Waals surface area contributed by atoms with E-state index in [1.807, 2.05) is 0 Å². The van der Waals surface area contributed by atoms with Gasteiger partial charge in [-0.3, -0.25) is 9.59 Å². The van der Waals surface area contributed by atoms with E-state index in [0.29, 0.717) is 21.3 Å². The minimum Gasteiger partial charge on any atom is -0.338 e. The monoisotopic (exact) mass is 554 g/mol. The number of hydrogen-bond donors (Lipinski definition) is 1. The molecule has 2 aromatic carbocycles. The van der Waals surface area contributed by atoms with E-state index >= 15 is 0 Å². The maximum absolute atomic E-state index is 13.2. The Morgan fingerprint density at radius 1 is 1.00 bits per heavy atom. The quantitative estimate of drug-likeness (QED) is 0.402. The van der Waals surface area contributed by atoms with Gasteiger partial charge in [0.1, 0.15) is 4.33 Å². The molecular weight excluding hydrogens is 540 g/mol. The molecule has 2 atom stereocenters. The number of nitrogens with zero attached hydrogens (tertiary/aromatic N) is 1. The number of carbonyl (C=O) groups excluding carboxylic acids is 2. The second-order valence-corrected chi connectivity index (χ2v) is 11.0. The molecule has 2 aliphatic carbocycles. The summed E-state index contributed by atoms with van der Waals surface area (Å²) >= 11 is 30.9. The van der Waals surface area contributed by atoms with E-state index in [1.165, 1.54) is 30.1 Å². The maximum atomic E-state index is 13.2. The van der Waals surface area contributed by atoms with Crippen molar-refractivity contribution in [2.45, 2.75) is 35.1 Å². The third-order valence-corrected chi connectivity index (χ3v) is 8.05. The van der Waals surface area contributed by atoms with E-state index in [2.05, 4.69) is 5.32 Å². The van der Waals surface area contributed by atoms with Gasteiger partial charge in [0, 0.05) is 37.5 Å². The highest BCUT2D eigenvalue weighted by Crippen LogP contribution is 2.65. The SMILES string of the molecule is CN(C(=O)c1cc(NC(=O)[C@@H]2[C@@H](c3ccc(Cl)c(Cl)c3)C2(Cl)Cl)ccc1Cl)C1CC(F)(F)C1. The third kappa shape index (κ3) is 4.78. The van der Waals surface area contributed by atoms with Crippen LogP contribution in [0.15, 0.2) is 36.4 Å². The van der Waals surface area contributed by atoms with Crippen molar-refractivity contribution in [1.82, 2.24) is 4.90 Å². The molecule has 33 heavy (non-hydrogen) atoms. The Kier molecular flexibility index (Phi) is 6.56. The van der Waals surface area contributed by atoms with Gasteiger partial charge in [-0.15, -0.1) is 23.2 Å². The molecule has 2 saturated carbocycles. The average Bonchev–Trinajstić information content (AvgIpc) is 3.30. The molecule has 4 nitrogen and oxygen atoms in total. The van der Waals surface area contributed by atoms with Crippen LogP contribution in [0, 0.1) is 5.92 Å². The zero-order valence-electron chi connectivity index (χ0n) is 17.0. The minimum absolute atomic E-state index is 0.0898. The Labute approximate surface area is 214 Å². The summed E-state index contributed by atoms with van der Waals surface area (Å²) in [7, 11) is 1.45. The molecule has 0 heterocycles. The van der Waals surface area contributed by atoms with Gasteiger partial charge in [-0.2, -0.15) is 0 Å². The molecule has 1 N–H and O–H groups in total. The first-order chi connectivity index (χ1) is 15.3. The summed E-state index contributed by atoms with van der Waals surface area (Å²) in [5.41, 5.74) is 1.05. The molecular formula is C22H17Cl5F2N2O2. The Hall–Kier alpha value is -1.31. The molecule has 2 aromatic rings. The van der Waals surface area contributed by atoms with Crippen LogP contribution in [0.25, 0.3) is 0 Å². The smallest absolute Gasteiger partial charge is 0.255 e. The number of rotatable bonds is 5. The van der Waals surface area contributed by atoms with Crippen molar-refractivity contribution in [1.29, 1.82) is 0 Å². The van der Waals surface area contributed by atoms with E-state index in [-0.39, 0.29) is 10.6 Å². The van der Waals surface area contributed by atoms with Crippen molar-refractivity contribution in [3.8, 4) is 0 Å². The molecule has 176 valence electrons. The molecule has 2 amide bonds. The van der Waals surface area contributed by atoms with Gasteiger partial charge in [0.25, 0.3) is 11.8 Å². The fraction of sp³-hybridized carbons (Fsp3) is 0.364. The Balaban J connectivity index is 1.48. The highest BCUT2D eigenvalue weighted by molar-refractivity contribution is 6.53. The lowest BCUT2D eigenvalue weighted by atomic mass is 9.87. The minimum atomic E-state index is -2.76. The van der Waals surface area contributed by atoms with Crippen LogP contribution in [0.2, 0.25) is 15.1 Å². The van der Waals surface area contributed by atoms with Crippen LogP contribution in [0.3, 0.4) is 0 Å². The second-order valence-electron chi connectivity index (χ2n) is 8.32. The lowest BCUT2D eigenvalue weighted by Gasteiger charge is -2.40. The highest BCUT2D eigenvalue weighted by Gasteiger charge is 2.67. The number of anilines is 1. The van der Waals surface area contributed by atoms with Gasteiger partial charge >= 0.3 is 0 Å². The average molecular weight is 557 g/mol. The van der Waals surface area contributed by atoms with Crippen molar-refractivity contribution >= 4 is 75.5 Å². The van der Waals surface area contributed by atoms with Crippen molar-refractivity contribution in [3.05, 3.63) is 62.6 Å². The Morgan fingerprint density at radius 3 is 2.24 bits per heavy atom. The van der Waals surface area contributed by atoms with Crippen LogP contribution in [0.5, 0.6) is 0 Å². The van der Waals surface area contributed by atoms with Gasteiger partial charge in [-0.1, -0.05) is 40.9 Å². The van der Waals surface area contributed by atoms with E-state index in [0.717, 1.165) is 0 Å². The Morgan fingerprint density at radius 2 is 1.64 bits per heavy atom. The van der Waals surface area contributed by atoms with Gasteiger partial charge in [0.2, 0.25) is 5.91 Å². The van der Waals surface area contributed by atoms with Gasteiger partial charge < -0.3 is 10.2 Å². The number of benzene rings is 2. The van der Waals surface area contributed by atoms with Crippen LogP contribution in [0.4, 0.5) is 14.5 Å². The number of amides is 2. The normalized spacial score (nSPS) is 22.9. The first kappa shape index (κ1) is 24.8. The number of carbonyl (C=O) groups is 2. The first-order valence-corrected chi connectivity index (χ1v) is 11.8. The summed E-state index contributed by atoms with van der Waals surface area (Å²) in [5, 5.41) is 3.52. The van der Waals surface area contributed by atoms with Crippen LogP contribution in [0.1, 0.15) is 34.7 Å². The lowest BCUT2D eigenvalue weighted by Crippen LogP contribution is -2.51. The van der Waals surface area contributed by atoms with E-state index in [9.17, 15) is 18.4 Å².